The molecular formula is C20H27N3O3S. The smallest absolute Gasteiger partial charge is 0.234 e. The number of amides is 1. The first kappa shape index (κ1) is 19.6. The third kappa shape index (κ3) is 5.94. The van der Waals surface area contributed by atoms with E-state index >= 15 is 0 Å². The standard InChI is InChI=1S/C20H27N3O3S/c1-2-25-18-8-6-7-16-11-23(12-17-14-27-15-22-17)13-19(24)21-9-4-3-5-10-26-20(16)18/h6-8,14-15H,2-5,9-13H2,1H3,(H,21,24). The fraction of sp³-hybridized carbons (Fsp3) is 0.500. The number of para-hydroxylation sites is 1. The Balaban J connectivity index is 1.86. The molecule has 1 aromatic carbocycles. The van der Waals surface area contributed by atoms with Crippen molar-refractivity contribution in [1.82, 2.24) is 15.2 Å². The van der Waals surface area contributed by atoms with E-state index in [1.54, 1.807) is 11.3 Å². The summed E-state index contributed by atoms with van der Waals surface area (Å²) in [4.78, 5) is 18.8. The molecule has 0 saturated carbocycles. The van der Waals surface area contributed by atoms with Crippen LogP contribution in [0.2, 0.25) is 0 Å². The predicted octanol–water partition coefficient (Wildman–Crippen LogP) is 3.22. The summed E-state index contributed by atoms with van der Waals surface area (Å²) in [7, 11) is 0. The van der Waals surface area contributed by atoms with E-state index in [1.165, 1.54) is 0 Å². The molecule has 2 aromatic rings. The SMILES string of the molecule is CCOc1cccc2c1OCCCCCNC(=O)CN(Cc1cscn1)C2. The van der Waals surface area contributed by atoms with Crippen molar-refractivity contribution in [2.24, 2.45) is 0 Å². The molecule has 0 atom stereocenters. The molecular weight excluding hydrogens is 362 g/mol. The van der Waals surface area contributed by atoms with Gasteiger partial charge in [0.05, 0.1) is 31.0 Å². The largest absolute Gasteiger partial charge is 0.490 e. The number of nitrogens with one attached hydrogen (secondary N) is 1. The Kier molecular flexibility index (Phi) is 7.47. The molecule has 0 fully saturated rings. The fourth-order valence-electron chi connectivity index (χ4n) is 3.14. The quantitative estimate of drug-likeness (QED) is 0.870. The number of aromatic nitrogens is 1. The number of fused-ring (bicyclic) bond motifs is 1. The molecule has 0 saturated heterocycles. The highest BCUT2D eigenvalue weighted by Gasteiger charge is 2.18. The van der Waals surface area contributed by atoms with Crippen LogP contribution in [0.4, 0.5) is 0 Å². The van der Waals surface area contributed by atoms with Gasteiger partial charge in [-0.25, -0.2) is 4.98 Å². The van der Waals surface area contributed by atoms with Crippen molar-refractivity contribution >= 4 is 17.2 Å². The van der Waals surface area contributed by atoms with Gasteiger partial charge in [0.2, 0.25) is 5.91 Å². The molecule has 0 unspecified atom stereocenters. The second kappa shape index (κ2) is 10.3. The molecule has 0 aliphatic carbocycles. The Morgan fingerprint density at radius 3 is 3.04 bits per heavy atom. The molecule has 0 bridgehead atoms. The molecule has 146 valence electrons. The fourth-order valence-corrected chi connectivity index (χ4v) is 3.69. The molecule has 1 aliphatic rings. The lowest BCUT2D eigenvalue weighted by Crippen LogP contribution is -2.37. The maximum Gasteiger partial charge on any atom is 0.234 e. The summed E-state index contributed by atoms with van der Waals surface area (Å²) in [6.45, 7) is 5.46. The van der Waals surface area contributed by atoms with Crippen molar-refractivity contribution in [1.29, 1.82) is 0 Å². The van der Waals surface area contributed by atoms with Gasteiger partial charge in [0.15, 0.2) is 11.5 Å². The third-order valence-corrected chi connectivity index (χ3v) is 5.02. The summed E-state index contributed by atoms with van der Waals surface area (Å²) in [6.07, 6.45) is 2.94. The number of benzene rings is 1. The molecule has 1 aromatic heterocycles. The maximum absolute atomic E-state index is 12.4. The Labute approximate surface area is 164 Å². The van der Waals surface area contributed by atoms with Crippen LogP contribution < -0.4 is 14.8 Å². The van der Waals surface area contributed by atoms with Gasteiger partial charge >= 0.3 is 0 Å². The zero-order chi connectivity index (χ0) is 18.9. The lowest BCUT2D eigenvalue weighted by Gasteiger charge is -2.23. The van der Waals surface area contributed by atoms with Crippen LogP contribution in [0.5, 0.6) is 11.5 Å². The Bertz CT molecular complexity index is 721. The van der Waals surface area contributed by atoms with Gasteiger partial charge in [-0.3, -0.25) is 9.69 Å². The lowest BCUT2D eigenvalue weighted by atomic mass is 10.1. The number of carbonyl (C=O) groups excluding carboxylic acids is 1. The molecule has 1 aliphatic heterocycles. The minimum absolute atomic E-state index is 0.0490. The molecule has 0 spiro atoms. The summed E-state index contributed by atoms with van der Waals surface area (Å²) < 4.78 is 11.9. The van der Waals surface area contributed by atoms with Crippen LogP contribution in [0.3, 0.4) is 0 Å². The molecule has 1 N–H and O–H groups in total. The van der Waals surface area contributed by atoms with E-state index in [1.807, 2.05) is 36.0 Å². The number of hydrogen-bond acceptors (Lipinski definition) is 6. The van der Waals surface area contributed by atoms with Gasteiger partial charge in [0.25, 0.3) is 0 Å². The number of carbonyl (C=O) groups is 1. The highest BCUT2D eigenvalue weighted by Crippen LogP contribution is 2.33. The van der Waals surface area contributed by atoms with Gasteiger partial charge in [-0.15, -0.1) is 11.3 Å². The molecule has 3 rings (SSSR count). The average molecular weight is 390 g/mol. The van der Waals surface area contributed by atoms with Crippen LogP contribution in [0.15, 0.2) is 29.1 Å². The number of rotatable bonds is 4. The molecule has 7 heteroatoms. The Morgan fingerprint density at radius 1 is 1.30 bits per heavy atom. The summed E-state index contributed by atoms with van der Waals surface area (Å²) in [5.74, 6) is 1.61. The Morgan fingerprint density at radius 2 is 2.22 bits per heavy atom. The maximum atomic E-state index is 12.4. The van der Waals surface area contributed by atoms with Crippen molar-refractivity contribution in [3.8, 4) is 11.5 Å². The number of ether oxygens (including phenoxy) is 2. The van der Waals surface area contributed by atoms with Crippen LogP contribution >= 0.6 is 11.3 Å². The molecule has 6 nitrogen and oxygen atoms in total. The summed E-state index contributed by atoms with van der Waals surface area (Å²) in [5.41, 5.74) is 3.82. The zero-order valence-electron chi connectivity index (χ0n) is 15.8. The van der Waals surface area contributed by atoms with Crippen LogP contribution in [-0.2, 0) is 17.9 Å². The van der Waals surface area contributed by atoms with E-state index in [-0.39, 0.29) is 5.91 Å². The van der Waals surface area contributed by atoms with Crippen molar-refractivity contribution in [3.05, 3.63) is 40.3 Å². The van der Waals surface area contributed by atoms with Crippen molar-refractivity contribution in [3.63, 3.8) is 0 Å². The van der Waals surface area contributed by atoms with Crippen LogP contribution in [0.1, 0.15) is 37.4 Å². The highest BCUT2D eigenvalue weighted by atomic mass is 32.1. The number of thiazole rings is 1. The van der Waals surface area contributed by atoms with E-state index in [4.69, 9.17) is 9.47 Å². The summed E-state index contributed by atoms with van der Waals surface area (Å²) >= 11 is 1.57. The first-order valence-electron chi connectivity index (χ1n) is 9.50. The summed E-state index contributed by atoms with van der Waals surface area (Å²) in [5, 5.41) is 5.04. The van der Waals surface area contributed by atoms with E-state index < -0.39 is 0 Å². The monoisotopic (exact) mass is 389 g/mol. The van der Waals surface area contributed by atoms with Crippen LogP contribution in [0.25, 0.3) is 0 Å². The Hall–Kier alpha value is -2.12. The van der Waals surface area contributed by atoms with Gasteiger partial charge < -0.3 is 14.8 Å². The number of nitrogens with zero attached hydrogens (tertiary/aromatic N) is 2. The number of hydrogen-bond donors (Lipinski definition) is 1. The third-order valence-electron chi connectivity index (χ3n) is 4.38. The molecule has 2 heterocycles. The summed E-state index contributed by atoms with van der Waals surface area (Å²) in [6, 6.07) is 5.97. The topological polar surface area (TPSA) is 63.7 Å². The normalized spacial score (nSPS) is 16.9. The zero-order valence-corrected chi connectivity index (χ0v) is 16.6. The van der Waals surface area contributed by atoms with Crippen LogP contribution in [0, 0.1) is 0 Å². The first-order valence-corrected chi connectivity index (χ1v) is 10.4. The second-order valence-corrected chi connectivity index (χ2v) is 7.28. The molecule has 1 amide bonds. The van der Waals surface area contributed by atoms with Crippen molar-refractivity contribution in [2.45, 2.75) is 39.3 Å². The van der Waals surface area contributed by atoms with Gasteiger partial charge in [0.1, 0.15) is 0 Å². The van der Waals surface area contributed by atoms with E-state index in [2.05, 4.69) is 15.2 Å². The van der Waals surface area contributed by atoms with Crippen LogP contribution in [-0.4, -0.2) is 42.1 Å². The van der Waals surface area contributed by atoms with Crippen molar-refractivity contribution < 1.29 is 14.3 Å². The van der Waals surface area contributed by atoms with E-state index in [0.29, 0.717) is 39.4 Å². The molecule has 27 heavy (non-hydrogen) atoms. The first-order chi connectivity index (χ1) is 13.3. The van der Waals surface area contributed by atoms with Crippen molar-refractivity contribution in [2.75, 3.05) is 26.3 Å². The van der Waals surface area contributed by atoms with E-state index in [9.17, 15) is 4.79 Å². The minimum atomic E-state index is 0.0490. The second-order valence-electron chi connectivity index (χ2n) is 6.56. The van der Waals surface area contributed by atoms with Gasteiger partial charge in [0, 0.05) is 30.6 Å². The highest BCUT2D eigenvalue weighted by molar-refractivity contribution is 7.07. The lowest BCUT2D eigenvalue weighted by molar-refractivity contribution is -0.122. The van der Waals surface area contributed by atoms with Gasteiger partial charge in [-0.1, -0.05) is 12.1 Å². The minimum Gasteiger partial charge on any atom is -0.490 e. The predicted molar refractivity (Wildman–Crippen MR) is 106 cm³/mol. The van der Waals surface area contributed by atoms with Gasteiger partial charge in [-0.2, -0.15) is 0 Å². The van der Waals surface area contributed by atoms with E-state index in [0.717, 1.165) is 42.0 Å². The average Bonchev–Trinajstić information content (AvgIpc) is 3.15. The molecule has 0 radical (unpaired) electrons. The van der Waals surface area contributed by atoms with Gasteiger partial charge in [-0.05, 0) is 32.3 Å².